The van der Waals surface area contributed by atoms with Crippen LogP contribution in [-0.2, 0) is 10.0 Å². The lowest BCUT2D eigenvalue weighted by Gasteiger charge is -2.09. The number of sulfonamides is 1. The largest absolute Gasteiger partial charge is 0.338 e. The van der Waals surface area contributed by atoms with Crippen LogP contribution in [0.5, 0.6) is 0 Å². The molecule has 0 aliphatic heterocycles. The van der Waals surface area contributed by atoms with Crippen molar-refractivity contribution in [2.75, 3.05) is 10.0 Å². The highest BCUT2D eigenvalue weighted by Gasteiger charge is 2.16. The van der Waals surface area contributed by atoms with E-state index in [0.29, 0.717) is 5.82 Å². The smallest absolute Gasteiger partial charge is 0.271 e. The predicted molar refractivity (Wildman–Crippen MR) is 93.7 cm³/mol. The molecule has 0 aliphatic rings. The van der Waals surface area contributed by atoms with Crippen molar-refractivity contribution in [2.45, 2.75) is 11.1 Å². The Morgan fingerprint density at radius 3 is 2.48 bits per heavy atom. The first kappa shape index (κ1) is 17.3. The Labute approximate surface area is 147 Å². The van der Waals surface area contributed by atoms with Crippen molar-refractivity contribution in [3.8, 4) is 0 Å². The molecule has 0 fully saturated rings. The van der Waals surface area contributed by atoms with Gasteiger partial charge in [0.05, 0.1) is 17.6 Å². The molecule has 5 nitrogen and oxygen atoms in total. The van der Waals surface area contributed by atoms with Crippen molar-refractivity contribution >= 4 is 38.6 Å². The lowest BCUT2D eigenvalue weighted by atomic mass is 10.3. The van der Waals surface area contributed by atoms with Gasteiger partial charge in [-0.05, 0) is 43.3 Å². The number of thiophene rings is 1. The van der Waals surface area contributed by atoms with Crippen molar-refractivity contribution in [1.29, 1.82) is 0 Å². The van der Waals surface area contributed by atoms with Gasteiger partial charge in [0.25, 0.3) is 10.0 Å². The summed E-state index contributed by atoms with van der Waals surface area (Å²) in [6.07, 6.45) is 1.31. The fourth-order valence-electron chi connectivity index (χ4n) is 2.02. The normalized spacial score (nSPS) is 11.3. The number of hydrogen-bond acceptors (Lipinski definition) is 5. The molecule has 0 unspecified atom stereocenters. The highest BCUT2D eigenvalue weighted by molar-refractivity contribution is 7.94. The Bertz CT molecular complexity index is 1000. The fourth-order valence-corrected chi connectivity index (χ4v) is 4.35. The molecule has 0 atom stereocenters. The maximum Gasteiger partial charge on any atom is 0.271 e. The second-order valence-electron chi connectivity index (χ2n) is 5.15. The third-order valence-corrected chi connectivity index (χ3v) is 6.06. The SMILES string of the molecule is Cc1ccc(S(=O)(=O)Nc2ccc(Nc3ccc(F)cc3F)nc2)s1. The van der Waals surface area contributed by atoms with E-state index in [-0.39, 0.29) is 15.6 Å². The van der Waals surface area contributed by atoms with Crippen LogP contribution in [0.25, 0.3) is 0 Å². The first-order valence-electron chi connectivity index (χ1n) is 7.11. The molecule has 3 aromatic rings. The van der Waals surface area contributed by atoms with Crippen LogP contribution >= 0.6 is 11.3 Å². The Morgan fingerprint density at radius 2 is 1.88 bits per heavy atom. The first-order chi connectivity index (χ1) is 11.8. The average Bonchev–Trinajstić information content (AvgIpc) is 2.99. The quantitative estimate of drug-likeness (QED) is 0.692. The molecule has 25 heavy (non-hydrogen) atoms. The number of aromatic nitrogens is 1. The number of benzene rings is 1. The van der Waals surface area contributed by atoms with Crippen LogP contribution in [-0.4, -0.2) is 13.4 Å². The monoisotopic (exact) mass is 381 g/mol. The minimum Gasteiger partial charge on any atom is -0.338 e. The molecule has 0 spiro atoms. The van der Waals surface area contributed by atoms with Crippen LogP contribution in [0, 0.1) is 18.6 Å². The Hall–Kier alpha value is -2.52. The average molecular weight is 381 g/mol. The molecule has 9 heteroatoms. The van der Waals surface area contributed by atoms with E-state index in [1.807, 2.05) is 6.92 Å². The van der Waals surface area contributed by atoms with Gasteiger partial charge in [-0.25, -0.2) is 22.2 Å². The molecule has 0 radical (unpaired) electrons. The van der Waals surface area contributed by atoms with Gasteiger partial charge in [0, 0.05) is 10.9 Å². The van der Waals surface area contributed by atoms with Gasteiger partial charge in [-0.15, -0.1) is 11.3 Å². The number of anilines is 3. The zero-order valence-electron chi connectivity index (χ0n) is 13.0. The molecule has 0 aliphatic carbocycles. The number of halogens is 2. The summed E-state index contributed by atoms with van der Waals surface area (Å²) in [4.78, 5) is 4.91. The second-order valence-corrected chi connectivity index (χ2v) is 8.35. The third-order valence-electron chi connectivity index (χ3n) is 3.19. The number of nitrogens with one attached hydrogen (secondary N) is 2. The minimum absolute atomic E-state index is 0.0660. The third kappa shape index (κ3) is 4.12. The highest BCUT2D eigenvalue weighted by Crippen LogP contribution is 2.24. The predicted octanol–water partition coefficient (Wildman–Crippen LogP) is 4.27. The molecule has 130 valence electrons. The number of hydrogen-bond donors (Lipinski definition) is 2. The topological polar surface area (TPSA) is 71.1 Å². The van der Waals surface area contributed by atoms with Crippen molar-refractivity contribution in [2.24, 2.45) is 0 Å². The maximum absolute atomic E-state index is 13.6. The number of aryl methyl sites for hydroxylation is 1. The summed E-state index contributed by atoms with van der Waals surface area (Å²) in [6, 6.07) is 9.37. The first-order valence-corrected chi connectivity index (χ1v) is 9.41. The van der Waals surface area contributed by atoms with Gasteiger partial charge in [0.2, 0.25) is 0 Å². The lowest BCUT2D eigenvalue weighted by Crippen LogP contribution is -2.11. The lowest BCUT2D eigenvalue weighted by molar-refractivity contribution is 0.586. The molecule has 2 N–H and O–H groups in total. The van der Waals surface area contributed by atoms with Crippen LogP contribution in [0.1, 0.15) is 4.88 Å². The van der Waals surface area contributed by atoms with Crippen LogP contribution in [0.2, 0.25) is 0 Å². The van der Waals surface area contributed by atoms with E-state index in [1.54, 1.807) is 6.07 Å². The van der Waals surface area contributed by atoms with Gasteiger partial charge in [-0.2, -0.15) is 0 Å². The zero-order valence-corrected chi connectivity index (χ0v) is 14.6. The van der Waals surface area contributed by atoms with Crippen molar-refractivity contribution in [3.63, 3.8) is 0 Å². The Balaban J connectivity index is 1.74. The second kappa shape index (κ2) is 6.77. The van der Waals surface area contributed by atoms with Gasteiger partial charge in [-0.1, -0.05) is 0 Å². The molecular weight excluding hydrogens is 368 g/mol. The van der Waals surface area contributed by atoms with E-state index < -0.39 is 21.7 Å². The van der Waals surface area contributed by atoms with Crippen molar-refractivity contribution in [3.05, 3.63) is 65.2 Å². The van der Waals surface area contributed by atoms with Gasteiger partial charge in [0.1, 0.15) is 21.7 Å². The summed E-state index contributed by atoms with van der Waals surface area (Å²) >= 11 is 1.17. The van der Waals surface area contributed by atoms with E-state index in [1.165, 1.54) is 41.8 Å². The van der Waals surface area contributed by atoms with E-state index >= 15 is 0 Å². The van der Waals surface area contributed by atoms with Crippen LogP contribution in [0.15, 0.2) is 52.9 Å². The number of pyridine rings is 1. The van der Waals surface area contributed by atoms with Gasteiger partial charge in [-0.3, -0.25) is 4.72 Å². The molecule has 0 bridgehead atoms. The summed E-state index contributed by atoms with van der Waals surface area (Å²) in [5, 5.41) is 2.70. The standard InChI is InChI=1S/C16H13F2N3O2S2/c1-10-2-7-16(24-10)25(22,23)21-12-4-6-15(19-9-12)20-14-5-3-11(17)8-13(14)18/h2-9,21H,1H3,(H,19,20). The maximum atomic E-state index is 13.6. The van der Waals surface area contributed by atoms with E-state index in [0.717, 1.165) is 17.0 Å². The molecule has 2 aromatic heterocycles. The number of nitrogens with zero attached hydrogens (tertiary/aromatic N) is 1. The molecule has 3 rings (SSSR count). The molecule has 0 saturated heterocycles. The molecular formula is C16H13F2N3O2S2. The summed E-state index contributed by atoms with van der Waals surface area (Å²) in [7, 11) is -3.67. The van der Waals surface area contributed by atoms with Crippen LogP contribution in [0.4, 0.5) is 26.0 Å². The summed E-state index contributed by atoms with van der Waals surface area (Å²) in [6.45, 7) is 1.82. The molecule has 1 aromatic carbocycles. The zero-order chi connectivity index (χ0) is 18.0. The van der Waals surface area contributed by atoms with Gasteiger partial charge in [0.15, 0.2) is 0 Å². The number of rotatable bonds is 5. The van der Waals surface area contributed by atoms with E-state index in [9.17, 15) is 17.2 Å². The van der Waals surface area contributed by atoms with Gasteiger partial charge >= 0.3 is 0 Å². The minimum atomic E-state index is -3.67. The summed E-state index contributed by atoms with van der Waals surface area (Å²) < 4.78 is 53.6. The van der Waals surface area contributed by atoms with Gasteiger partial charge < -0.3 is 5.32 Å². The van der Waals surface area contributed by atoms with E-state index in [4.69, 9.17) is 0 Å². The van der Waals surface area contributed by atoms with Crippen molar-refractivity contribution in [1.82, 2.24) is 4.98 Å². The Morgan fingerprint density at radius 1 is 1.08 bits per heavy atom. The molecule has 0 saturated carbocycles. The summed E-state index contributed by atoms with van der Waals surface area (Å²) in [5.74, 6) is -1.13. The van der Waals surface area contributed by atoms with Crippen LogP contribution in [0.3, 0.4) is 0 Å². The summed E-state index contributed by atoms with van der Waals surface area (Å²) in [5.41, 5.74) is 0.340. The highest BCUT2D eigenvalue weighted by atomic mass is 32.2. The molecule has 0 amide bonds. The van der Waals surface area contributed by atoms with Crippen molar-refractivity contribution < 1.29 is 17.2 Å². The Kier molecular flexibility index (Phi) is 4.69. The molecule has 2 heterocycles. The fraction of sp³-hybridized carbons (Fsp3) is 0.0625. The van der Waals surface area contributed by atoms with E-state index in [2.05, 4.69) is 15.0 Å². The van der Waals surface area contributed by atoms with Crippen LogP contribution < -0.4 is 10.0 Å².